The van der Waals surface area contributed by atoms with Gasteiger partial charge in [0.2, 0.25) is 0 Å². The van der Waals surface area contributed by atoms with Crippen LogP contribution in [0.25, 0.3) is 10.9 Å². The zero-order valence-corrected chi connectivity index (χ0v) is 14.6. The Bertz CT molecular complexity index is 882. The van der Waals surface area contributed by atoms with Gasteiger partial charge in [-0.1, -0.05) is 18.2 Å². The number of nitrogens with one attached hydrogen (secondary N) is 2. The van der Waals surface area contributed by atoms with Crippen molar-refractivity contribution in [1.82, 2.24) is 4.98 Å². The first-order chi connectivity index (χ1) is 12.6. The maximum absolute atomic E-state index is 12.2. The molecule has 134 valence electrons. The smallest absolute Gasteiger partial charge is 0.355 e. The summed E-state index contributed by atoms with van der Waals surface area (Å²) in [5.74, 6) is -0.252. The van der Waals surface area contributed by atoms with E-state index < -0.39 is 18.0 Å². The molecule has 0 fully saturated rings. The number of amides is 1. The van der Waals surface area contributed by atoms with Crippen LogP contribution in [0.2, 0.25) is 0 Å². The van der Waals surface area contributed by atoms with Gasteiger partial charge in [0.25, 0.3) is 5.91 Å². The summed E-state index contributed by atoms with van der Waals surface area (Å²) in [7, 11) is 0. The third kappa shape index (κ3) is 4.03. The Hall–Kier alpha value is -3.28. The van der Waals surface area contributed by atoms with Gasteiger partial charge in [0.1, 0.15) is 11.4 Å². The predicted octanol–water partition coefficient (Wildman–Crippen LogP) is 3.75. The molecule has 0 saturated carbocycles. The molecule has 6 nitrogen and oxygen atoms in total. The van der Waals surface area contributed by atoms with Crippen molar-refractivity contribution >= 4 is 28.5 Å². The molecule has 0 aliphatic rings. The standard InChI is InChI=1S/C20H20N2O4/c1-3-25-16-10-8-15(9-11-16)21-19(23)13(2)26-20(24)18-12-14-6-4-5-7-17(14)22-18/h4-13,22H,3H2,1-2H3,(H,21,23)/t13-/m0/s1. The molecule has 1 aromatic heterocycles. The van der Waals surface area contributed by atoms with Crippen LogP contribution in [0.4, 0.5) is 5.69 Å². The van der Waals surface area contributed by atoms with Gasteiger partial charge in [-0.05, 0) is 50.2 Å². The van der Waals surface area contributed by atoms with Crippen molar-refractivity contribution in [2.75, 3.05) is 11.9 Å². The highest BCUT2D eigenvalue weighted by atomic mass is 16.5. The number of benzene rings is 2. The minimum Gasteiger partial charge on any atom is -0.494 e. The zero-order valence-electron chi connectivity index (χ0n) is 14.6. The van der Waals surface area contributed by atoms with Crippen molar-refractivity contribution in [3.05, 3.63) is 60.3 Å². The lowest BCUT2D eigenvalue weighted by Gasteiger charge is -2.13. The van der Waals surface area contributed by atoms with Crippen molar-refractivity contribution in [3.63, 3.8) is 0 Å². The third-order valence-corrected chi connectivity index (χ3v) is 3.84. The highest BCUT2D eigenvalue weighted by molar-refractivity contribution is 5.98. The summed E-state index contributed by atoms with van der Waals surface area (Å²) in [5, 5.41) is 3.62. The van der Waals surface area contributed by atoms with E-state index in [1.54, 1.807) is 30.3 Å². The third-order valence-electron chi connectivity index (χ3n) is 3.84. The number of aromatic amines is 1. The monoisotopic (exact) mass is 352 g/mol. The lowest BCUT2D eigenvalue weighted by Crippen LogP contribution is -2.30. The molecule has 0 bridgehead atoms. The minimum absolute atomic E-state index is 0.312. The molecule has 6 heteroatoms. The number of rotatable bonds is 6. The molecule has 1 heterocycles. The van der Waals surface area contributed by atoms with Gasteiger partial charge in [-0.3, -0.25) is 4.79 Å². The van der Waals surface area contributed by atoms with Gasteiger partial charge in [0.15, 0.2) is 6.10 Å². The van der Waals surface area contributed by atoms with Gasteiger partial charge in [-0.15, -0.1) is 0 Å². The molecule has 2 aromatic carbocycles. The summed E-state index contributed by atoms with van der Waals surface area (Å²) in [6, 6.07) is 16.2. The first-order valence-electron chi connectivity index (χ1n) is 8.39. The first-order valence-corrected chi connectivity index (χ1v) is 8.39. The van der Waals surface area contributed by atoms with Gasteiger partial charge < -0.3 is 19.8 Å². The van der Waals surface area contributed by atoms with E-state index in [1.165, 1.54) is 6.92 Å². The molecule has 3 rings (SSSR count). The van der Waals surface area contributed by atoms with E-state index in [0.717, 1.165) is 16.7 Å². The van der Waals surface area contributed by atoms with Crippen molar-refractivity contribution in [2.45, 2.75) is 20.0 Å². The normalized spacial score (nSPS) is 11.8. The van der Waals surface area contributed by atoms with Gasteiger partial charge in [-0.25, -0.2) is 4.79 Å². The Morgan fingerprint density at radius 1 is 1.12 bits per heavy atom. The van der Waals surface area contributed by atoms with Crippen LogP contribution >= 0.6 is 0 Å². The van der Waals surface area contributed by atoms with E-state index in [-0.39, 0.29) is 0 Å². The number of aromatic nitrogens is 1. The Kier molecular flexibility index (Phi) is 5.22. The number of carbonyl (C=O) groups is 2. The molecule has 0 aliphatic heterocycles. The van der Waals surface area contributed by atoms with Crippen LogP contribution in [0.15, 0.2) is 54.6 Å². The molecule has 26 heavy (non-hydrogen) atoms. The zero-order chi connectivity index (χ0) is 18.5. The largest absolute Gasteiger partial charge is 0.494 e. The van der Waals surface area contributed by atoms with Crippen LogP contribution in [0.3, 0.4) is 0 Å². The van der Waals surface area contributed by atoms with Crippen LogP contribution in [-0.4, -0.2) is 29.6 Å². The summed E-state index contributed by atoms with van der Waals surface area (Å²) in [4.78, 5) is 27.5. The first kappa shape index (κ1) is 17.5. The quantitative estimate of drug-likeness (QED) is 0.662. The number of hydrogen-bond donors (Lipinski definition) is 2. The molecule has 0 radical (unpaired) electrons. The SMILES string of the molecule is CCOc1ccc(NC(=O)[C@H](C)OC(=O)c2cc3ccccc3[nH]2)cc1. The fourth-order valence-corrected chi connectivity index (χ4v) is 2.51. The number of carbonyl (C=O) groups excluding carboxylic acids is 2. The van der Waals surface area contributed by atoms with Crippen LogP contribution in [0, 0.1) is 0 Å². The Balaban J connectivity index is 1.60. The van der Waals surface area contributed by atoms with Gasteiger partial charge in [0, 0.05) is 16.6 Å². The van der Waals surface area contributed by atoms with Crippen molar-refractivity contribution in [1.29, 1.82) is 0 Å². The van der Waals surface area contributed by atoms with E-state index >= 15 is 0 Å². The maximum Gasteiger partial charge on any atom is 0.355 e. The van der Waals surface area contributed by atoms with E-state index in [1.807, 2.05) is 31.2 Å². The van der Waals surface area contributed by atoms with Crippen molar-refractivity contribution in [3.8, 4) is 5.75 Å². The predicted molar refractivity (Wildman–Crippen MR) is 99.4 cm³/mol. The van der Waals surface area contributed by atoms with E-state index in [2.05, 4.69) is 10.3 Å². The van der Waals surface area contributed by atoms with Crippen LogP contribution in [-0.2, 0) is 9.53 Å². The molecule has 1 atom stereocenters. The number of H-pyrrole nitrogens is 1. The molecule has 0 unspecified atom stereocenters. The Morgan fingerprint density at radius 3 is 2.54 bits per heavy atom. The molecule has 1 amide bonds. The van der Waals surface area contributed by atoms with E-state index in [9.17, 15) is 9.59 Å². The second kappa shape index (κ2) is 7.74. The number of para-hydroxylation sites is 1. The van der Waals surface area contributed by atoms with Gasteiger partial charge in [-0.2, -0.15) is 0 Å². The molecular formula is C20H20N2O4. The van der Waals surface area contributed by atoms with Crippen molar-refractivity contribution < 1.29 is 19.1 Å². The fraction of sp³-hybridized carbons (Fsp3) is 0.200. The lowest BCUT2D eigenvalue weighted by molar-refractivity contribution is -0.123. The number of esters is 1. The number of fused-ring (bicyclic) bond motifs is 1. The highest BCUT2D eigenvalue weighted by Crippen LogP contribution is 2.17. The summed E-state index contributed by atoms with van der Waals surface area (Å²) >= 11 is 0. The van der Waals surface area contributed by atoms with Crippen LogP contribution < -0.4 is 10.1 Å². The van der Waals surface area contributed by atoms with E-state index in [4.69, 9.17) is 9.47 Å². The summed E-state index contributed by atoms with van der Waals surface area (Å²) in [6.45, 7) is 4.01. The lowest BCUT2D eigenvalue weighted by atomic mass is 10.2. The molecule has 0 saturated heterocycles. The van der Waals surface area contributed by atoms with Crippen LogP contribution in [0.1, 0.15) is 24.3 Å². The summed E-state index contributed by atoms with van der Waals surface area (Å²) < 4.78 is 10.6. The number of ether oxygens (including phenoxy) is 2. The molecule has 0 aliphatic carbocycles. The average molecular weight is 352 g/mol. The minimum atomic E-state index is -0.930. The number of hydrogen-bond acceptors (Lipinski definition) is 4. The van der Waals surface area contributed by atoms with Gasteiger partial charge >= 0.3 is 5.97 Å². The van der Waals surface area contributed by atoms with Crippen LogP contribution in [0.5, 0.6) is 5.75 Å². The average Bonchev–Trinajstić information content (AvgIpc) is 3.08. The fourth-order valence-electron chi connectivity index (χ4n) is 2.51. The Morgan fingerprint density at radius 2 is 1.85 bits per heavy atom. The molecule has 3 aromatic rings. The molecular weight excluding hydrogens is 332 g/mol. The van der Waals surface area contributed by atoms with Crippen molar-refractivity contribution in [2.24, 2.45) is 0 Å². The maximum atomic E-state index is 12.2. The van der Waals surface area contributed by atoms with Gasteiger partial charge in [0.05, 0.1) is 6.61 Å². The molecule has 2 N–H and O–H groups in total. The van der Waals surface area contributed by atoms with E-state index in [0.29, 0.717) is 18.0 Å². The highest BCUT2D eigenvalue weighted by Gasteiger charge is 2.20. The second-order valence-corrected chi connectivity index (χ2v) is 5.76. The Labute approximate surface area is 151 Å². The second-order valence-electron chi connectivity index (χ2n) is 5.76. The topological polar surface area (TPSA) is 80.4 Å². The number of anilines is 1. The summed E-state index contributed by atoms with van der Waals surface area (Å²) in [5.41, 5.74) is 1.75. The summed E-state index contributed by atoms with van der Waals surface area (Å²) in [6.07, 6.45) is -0.930. The molecule has 0 spiro atoms.